The van der Waals surface area contributed by atoms with Crippen LogP contribution in [0, 0.1) is 0 Å². The maximum atomic E-state index is 12.4. The van der Waals surface area contributed by atoms with Gasteiger partial charge < -0.3 is 15.1 Å². The molecule has 3 rings (SSSR count). The summed E-state index contributed by atoms with van der Waals surface area (Å²) >= 11 is 0. The van der Waals surface area contributed by atoms with E-state index in [0.29, 0.717) is 17.3 Å². The average Bonchev–Trinajstić information content (AvgIpc) is 2.66. The van der Waals surface area contributed by atoms with E-state index in [1.807, 2.05) is 0 Å². The fraction of sp³-hybridized carbons (Fsp3) is 0.500. The van der Waals surface area contributed by atoms with E-state index in [0.717, 1.165) is 45.7 Å². The van der Waals surface area contributed by atoms with Crippen molar-refractivity contribution in [1.29, 1.82) is 0 Å². The Hall–Kier alpha value is -2.25. The number of aromatic nitrogens is 2. The molecule has 7 nitrogen and oxygen atoms in total. The van der Waals surface area contributed by atoms with Gasteiger partial charge in [-0.1, -0.05) is 25.1 Å². The van der Waals surface area contributed by atoms with Crippen LogP contribution < -0.4 is 10.9 Å². The number of nitrogens with zero attached hydrogens (tertiary/aromatic N) is 3. The molecule has 2 N–H and O–H groups in total. The minimum absolute atomic E-state index is 0.247. The van der Waals surface area contributed by atoms with Crippen molar-refractivity contribution >= 4 is 16.7 Å². The first-order chi connectivity index (χ1) is 12.2. The molecule has 25 heavy (non-hydrogen) atoms. The average molecular weight is 343 g/mol. The molecule has 0 radical (unpaired) electrons. The third-order valence-corrected chi connectivity index (χ3v) is 4.76. The maximum absolute atomic E-state index is 12.4. The summed E-state index contributed by atoms with van der Waals surface area (Å²) in [7, 11) is 0. The summed E-state index contributed by atoms with van der Waals surface area (Å²) in [5, 5.41) is 10.3. The molecule has 1 aromatic heterocycles. The molecule has 0 spiro atoms. The summed E-state index contributed by atoms with van der Waals surface area (Å²) < 4.78 is 0. The predicted octanol–water partition coefficient (Wildman–Crippen LogP) is 0.681. The van der Waals surface area contributed by atoms with Crippen LogP contribution in [0.5, 0.6) is 0 Å². The van der Waals surface area contributed by atoms with E-state index in [4.69, 9.17) is 0 Å². The van der Waals surface area contributed by atoms with E-state index in [-0.39, 0.29) is 17.2 Å². The van der Waals surface area contributed by atoms with Crippen molar-refractivity contribution in [3.63, 3.8) is 0 Å². The molecule has 0 atom stereocenters. The molecule has 1 fully saturated rings. The Kier molecular flexibility index (Phi) is 5.78. The lowest BCUT2D eigenvalue weighted by Gasteiger charge is -2.33. The van der Waals surface area contributed by atoms with Crippen molar-refractivity contribution < 1.29 is 4.79 Å². The number of hydrogen-bond donors (Lipinski definition) is 2. The van der Waals surface area contributed by atoms with Crippen molar-refractivity contribution in [2.45, 2.75) is 13.3 Å². The molecule has 7 heteroatoms. The Labute approximate surface area is 147 Å². The maximum Gasteiger partial charge on any atom is 0.272 e. The Morgan fingerprint density at radius 1 is 1.16 bits per heavy atom. The van der Waals surface area contributed by atoms with E-state index in [2.05, 4.69) is 32.2 Å². The third kappa shape index (κ3) is 4.24. The van der Waals surface area contributed by atoms with Crippen LogP contribution in [-0.4, -0.2) is 71.7 Å². The van der Waals surface area contributed by atoms with Crippen molar-refractivity contribution in [2.24, 2.45) is 0 Å². The highest BCUT2D eigenvalue weighted by Gasteiger charge is 2.16. The van der Waals surface area contributed by atoms with Gasteiger partial charge in [-0.3, -0.25) is 9.59 Å². The van der Waals surface area contributed by atoms with E-state index in [1.54, 1.807) is 24.3 Å². The van der Waals surface area contributed by atoms with E-state index < -0.39 is 0 Å². The number of nitrogens with one attached hydrogen (secondary N) is 2. The minimum Gasteiger partial charge on any atom is -0.351 e. The second-order valence-corrected chi connectivity index (χ2v) is 6.33. The van der Waals surface area contributed by atoms with Crippen molar-refractivity contribution in [2.75, 3.05) is 45.8 Å². The SMILES string of the molecule is CCN1CCN(CCCNC(=O)c2n[nH]c(=O)c3ccccc23)CC1. The van der Waals surface area contributed by atoms with Gasteiger partial charge in [-0.25, -0.2) is 5.10 Å². The standard InChI is InChI=1S/C18H25N5O2/c1-2-22-10-12-23(13-11-22)9-5-8-19-18(25)16-14-6-3-4-7-15(14)17(24)21-20-16/h3-4,6-7H,2,5,8-13H2,1H3,(H,19,25)(H,21,24). The number of aromatic amines is 1. The van der Waals surface area contributed by atoms with Gasteiger partial charge in [-0.15, -0.1) is 0 Å². The van der Waals surface area contributed by atoms with Gasteiger partial charge in [0.25, 0.3) is 11.5 Å². The van der Waals surface area contributed by atoms with Crippen LogP contribution in [-0.2, 0) is 0 Å². The van der Waals surface area contributed by atoms with Crippen LogP contribution in [0.4, 0.5) is 0 Å². The van der Waals surface area contributed by atoms with Gasteiger partial charge in [0.15, 0.2) is 5.69 Å². The molecule has 0 saturated carbocycles. The summed E-state index contributed by atoms with van der Waals surface area (Å²) in [4.78, 5) is 29.0. The quantitative estimate of drug-likeness (QED) is 0.754. The number of amides is 1. The Balaban J connectivity index is 1.51. The number of H-pyrrole nitrogens is 1. The summed E-state index contributed by atoms with van der Waals surface area (Å²) in [6, 6.07) is 7.02. The molecular weight excluding hydrogens is 318 g/mol. The number of likely N-dealkylation sites (N-methyl/N-ethyl adjacent to an activating group) is 1. The lowest BCUT2D eigenvalue weighted by molar-refractivity contribution is 0.0944. The third-order valence-electron chi connectivity index (χ3n) is 4.76. The number of fused-ring (bicyclic) bond motifs is 1. The number of piperazine rings is 1. The largest absolute Gasteiger partial charge is 0.351 e. The Morgan fingerprint density at radius 2 is 1.84 bits per heavy atom. The smallest absolute Gasteiger partial charge is 0.272 e. The number of hydrogen-bond acceptors (Lipinski definition) is 5. The second kappa shape index (κ2) is 8.22. The number of rotatable bonds is 6. The molecule has 1 aliphatic rings. The normalized spacial score (nSPS) is 16.2. The lowest BCUT2D eigenvalue weighted by Crippen LogP contribution is -2.46. The van der Waals surface area contributed by atoms with Crippen molar-refractivity contribution in [3.05, 3.63) is 40.3 Å². The predicted molar refractivity (Wildman–Crippen MR) is 97.9 cm³/mol. The molecule has 0 unspecified atom stereocenters. The zero-order valence-electron chi connectivity index (χ0n) is 14.6. The summed E-state index contributed by atoms with van der Waals surface area (Å²) in [6.07, 6.45) is 0.902. The topological polar surface area (TPSA) is 81.3 Å². The fourth-order valence-corrected chi connectivity index (χ4v) is 3.21. The van der Waals surface area contributed by atoms with Crippen LogP contribution in [0.25, 0.3) is 10.8 Å². The highest BCUT2D eigenvalue weighted by molar-refractivity contribution is 6.04. The minimum atomic E-state index is -0.279. The van der Waals surface area contributed by atoms with Crippen molar-refractivity contribution in [1.82, 2.24) is 25.3 Å². The lowest BCUT2D eigenvalue weighted by atomic mass is 10.1. The van der Waals surface area contributed by atoms with Crippen LogP contribution >= 0.6 is 0 Å². The number of benzene rings is 1. The molecule has 1 aliphatic heterocycles. The van der Waals surface area contributed by atoms with Gasteiger partial charge in [0.2, 0.25) is 0 Å². The first-order valence-electron chi connectivity index (χ1n) is 8.89. The van der Waals surface area contributed by atoms with Crippen molar-refractivity contribution in [3.8, 4) is 0 Å². The van der Waals surface area contributed by atoms with Crippen LogP contribution in [0.3, 0.4) is 0 Å². The first-order valence-corrected chi connectivity index (χ1v) is 8.89. The Morgan fingerprint density at radius 3 is 2.56 bits per heavy atom. The van der Waals surface area contributed by atoms with Gasteiger partial charge >= 0.3 is 0 Å². The van der Waals surface area contributed by atoms with Crippen LogP contribution in [0.1, 0.15) is 23.8 Å². The van der Waals surface area contributed by atoms with E-state index in [1.165, 1.54) is 0 Å². The molecule has 1 amide bonds. The number of carbonyl (C=O) groups excluding carboxylic acids is 1. The second-order valence-electron chi connectivity index (χ2n) is 6.33. The van der Waals surface area contributed by atoms with Crippen LogP contribution in [0.2, 0.25) is 0 Å². The monoisotopic (exact) mass is 343 g/mol. The van der Waals surface area contributed by atoms with E-state index >= 15 is 0 Å². The van der Waals surface area contributed by atoms with Gasteiger partial charge in [-0.05, 0) is 25.6 Å². The zero-order chi connectivity index (χ0) is 17.6. The van der Waals surface area contributed by atoms with Crippen LogP contribution in [0.15, 0.2) is 29.1 Å². The summed E-state index contributed by atoms with van der Waals surface area (Å²) in [5.41, 5.74) is -0.00914. The molecule has 0 bridgehead atoms. The molecule has 0 aliphatic carbocycles. The zero-order valence-corrected chi connectivity index (χ0v) is 14.6. The molecule has 2 heterocycles. The van der Waals surface area contributed by atoms with Gasteiger partial charge in [0.1, 0.15) is 0 Å². The Bertz CT molecular complexity index is 780. The van der Waals surface area contributed by atoms with Gasteiger partial charge in [0.05, 0.1) is 5.39 Å². The van der Waals surface area contributed by atoms with Gasteiger partial charge in [-0.2, -0.15) is 5.10 Å². The highest BCUT2D eigenvalue weighted by Crippen LogP contribution is 2.12. The molecule has 1 saturated heterocycles. The first kappa shape index (κ1) is 17.6. The fourth-order valence-electron chi connectivity index (χ4n) is 3.21. The molecule has 134 valence electrons. The van der Waals surface area contributed by atoms with Gasteiger partial charge in [0, 0.05) is 38.1 Å². The number of carbonyl (C=O) groups is 1. The summed E-state index contributed by atoms with van der Waals surface area (Å²) in [6.45, 7) is 9.32. The molecular formula is C18H25N5O2. The molecule has 1 aromatic carbocycles. The summed E-state index contributed by atoms with van der Waals surface area (Å²) in [5.74, 6) is -0.247. The van der Waals surface area contributed by atoms with E-state index in [9.17, 15) is 9.59 Å². The highest BCUT2D eigenvalue weighted by atomic mass is 16.2. The molecule has 2 aromatic rings.